The van der Waals surface area contributed by atoms with Gasteiger partial charge in [-0.15, -0.1) is 0 Å². The summed E-state index contributed by atoms with van der Waals surface area (Å²) in [6.45, 7) is 0.384. The molecule has 0 amide bonds. The van der Waals surface area contributed by atoms with Crippen molar-refractivity contribution >= 4 is 37.3 Å². The van der Waals surface area contributed by atoms with Crippen LogP contribution < -0.4 is 0 Å². The Balaban J connectivity index is 2.98. The van der Waals surface area contributed by atoms with Crippen molar-refractivity contribution in [1.82, 2.24) is 0 Å². The van der Waals surface area contributed by atoms with Crippen molar-refractivity contribution < 1.29 is 27.1 Å². The van der Waals surface area contributed by atoms with Gasteiger partial charge >= 0.3 is 5.97 Å². The van der Waals surface area contributed by atoms with Crippen LogP contribution in [-0.2, 0) is 18.5 Å². The minimum atomic E-state index is -4.19. The number of methoxy groups -OCH3 is 1. The Hall–Kier alpha value is -0.890. The molecular formula is C11H11Cl2FO5S. The van der Waals surface area contributed by atoms with Gasteiger partial charge in [0.2, 0.25) is 0 Å². The van der Waals surface area contributed by atoms with Gasteiger partial charge in [0, 0.05) is 30.8 Å². The average Bonchev–Trinajstić information content (AvgIpc) is 2.32. The first-order valence-corrected chi connectivity index (χ1v) is 8.06. The molecule has 112 valence electrons. The highest BCUT2D eigenvalue weighted by molar-refractivity contribution is 8.13. The molecule has 5 nitrogen and oxygen atoms in total. The summed E-state index contributed by atoms with van der Waals surface area (Å²) < 4.78 is 45.6. The summed E-state index contributed by atoms with van der Waals surface area (Å²) in [4.78, 5) is 11.1. The van der Waals surface area contributed by atoms with E-state index >= 15 is 0 Å². The molecule has 0 N–H and O–H groups in total. The second kappa shape index (κ2) is 7.21. The largest absolute Gasteiger partial charge is 0.462 e. The Morgan fingerprint density at radius 1 is 1.35 bits per heavy atom. The van der Waals surface area contributed by atoms with Crippen molar-refractivity contribution in [2.45, 2.75) is 11.3 Å². The fourth-order valence-corrected chi connectivity index (χ4v) is 2.83. The van der Waals surface area contributed by atoms with E-state index < -0.39 is 36.3 Å². The molecular weight excluding hydrogens is 334 g/mol. The van der Waals surface area contributed by atoms with E-state index in [0.29, 0.717) is 19.1 Å². The first-order valence-electron chi connectivity index (χ1n) is 5.37. The van der Waals surface area contributed by atoms with Gasteiger partial charge in [-0.2, -0.15) is 0 Å². The summed E-state index contributed by atoms with van der Waals surface area (Å²) in [5, 5.41) is -0.409. The van der Waals surface area contributed by atoms with Crippen molar-refractivity contribution in [1.29, 1.82) is 0 Å². The number of halogens is 3. The Labute approximate surface area is 125 Å². The lowest BCUT2D eigenvalue weighted by Gasteiger charge is -2.07. The van der Waals surface area contributed by atoms with Crippen LogP contribution in [0.2, 0.25) is 5.02 Å². The molecule has 1 rings (SSSR count). The number of ether oxygens (including phenoxy) is 2. The third-order valence-corrected chi connectivity index (χ3v) is 4.02. The zero-order valence-corrected chi connectivity index (χ0v) is 12.7. The summed E-state index contributed by atoms with van der Waals surface area (Å²) >= 11 is 5.56. The van der Waals surface area contributed by atoms with Crippen molar-refractivity contribution in [2.24, 2.45) is 0 Å². The average molecular weight is 345 g/mol. The zero-order valence-electron chi connectivity index (χ0n) is 10.4. The molecule has 0 saturated heterocycles. The second-order valence-electron chi connectivity index (χ2n) is 3.68. The number of hydrogen-bond donors (Lipinski definition) is 0. The van der Waals surface area contributed by atoms with Gasteiger partial charge in [0.15, 0.2) is 0 Å². The van der Waals surface area contributed by atoms with Crippen LogP contribution in [0.25, 0.3) is 0 Å². The van der Waals surface area contributed by atoms with E-state index in [1.54, 1.807) is 0 Å². The summed E-state index contributed by atoms with van der Waals surface area (Å²) in [5.74, 6) is -1.99. The highest BCUT2D eigenvalue weighted by Crippen LogP contribution is 2.28. The maximum absolute atomic E-state index is 13.6. The molecule has 0 radical (unpaired) electrons. The van der Waals surface area contributed by atoms with Gasteiger partial charge in [0.1, 0.15) is 10.7 Å². The quantitative estimate of drug-likeness (QED) is 0.450. The molecule has 1 aromatic carbocycles. The zero-order chi connectivity index (χ0) is 15.3. The molecule has 0 bridgehead atoms. The van der Waals surface area contributed by atoms with Crippen LogP contribution in [-0.4, -0.2) is 34.7 Å². The second-order valence-corrected chi connectivity index (χ2v) is 6.62. The van der Waals surface area contributed by atoms with Crippen molar-refractivity contribution in [2.75, 3.05) is 20.3 Å². The van der Waals surface area contributed by atoms with E-state index in [4.69, 9.17) is 31.8 Å². The van der Waals surface area contributed by atoms with Gasteiger partial charge in [-0.25, -0.2) is 17.6 Å². The van der Waals surface area contributed by atoms with Crippen molar-refractivity contribution in [3.8, 4) is 0 Å². The van der Waals surface area contributed by atoms with E-state index in [1.807, 2.05) is 0 Å². The first kappa shape index (κ1) is 17.2. The van der Waals surface area contributed by atoms with Crippen LogP contribution in [0, 0.1) is 5.82 Å². The molecule has 20 heavy (non-hydrogen) atoms. The van der Waals surface area contributed by atoms with Crippen LogP contribution in [0.15, 0.2) is 17.0 Å². The Kier molecular flexibility index (Phi) is 6.19. The number of benzene rings is 1. The summed E-state index contributed by atoms with van der Waals surface area (Å²) in [7, 11) is 2.43. The number of carbonyl (C=O) groups is 1. The Bertz CT molecular complexity index is 603. The molecule has 0 unspecified atom stereocenters. The van der Waals surface area contributed by atoms with Crippen LogP contribution in [0.1, 0.15) is 16.8 Å². The van der Waals surface area contributed by atoms with Gasteiger partial charge in [-0.1, -0.05) is 11.6 Å². The predicted octanol–water partition coefficient (Wildman–Crippen LogP) is 2.60. The lowest BCUT2D eigenvalue weighted by molar-refractivity contribution is 0.0463. The van der Waals surface area contributed by atoms with Crippen LogP contribution in [0.3, 0.4) is 0 Å². The highest BCUT2D eigenvalue weighted by Gasteiger charge is 2.22. The van der Waals surface area contributed by atoms with Gasteiger partial charge in [0.05, 0.1) is 17.2 Å². The lowest BCUT2D eigenvalue weighted by atomic mass is 10.2. The van der Waals surface area contributed by atoms with Gasteiger partial charge in [0.25, 0.3) is 9.05 Å². The topological polar surface area (TPSA) is 69.7 Å². The minimum absolute atomic E-state index is 0.0116. The number of carbonyl (C=O) groups excluding carboxylic acids is 1. The van der Waals surface area contributed by atoms with Gasteiger partial charge in [-0.05, 0) is 12.1 Å². The smallest absolute Gasteiger partial charge is 0.341 e. The highest BCUT2D eigenvalue weighted by atomic mass is 35.7. The molecule has 0 saturated carbocycles. The molecule has 0 aliphatic heterocycles. The molecule has 0 aliphatic rings. The van der Waals surface area contributed by atoms with Crippen molar-refractivity contribution in [3.05, 3.63) is 28.5 Å². The summed E-state index contributed by atoms with van der Waals surface area (Å²) in [6.07, 6.45) is 0.429. The van der Waals surface area contributed by atoms with Crippen LogP contribution >= 0.6 is 22.3 Å². The molecule has 0 atom stereocenters. The van der Waals surface area contributed by atoms with E-state index in [0.717, 1.165) is 6.07 Å². The fraction of sp³-hybridized carbons (Fsp3) is 0.364. The maximum Gasteiger partial charge on any atom is 0.341 e. The van der Waals surface area contributed by atoms with E-state index in [2.05, 4.69) is 0 Å². The third kappa shape index (κ3) is 4.59. The van der Waals surface area contributed by atoms with Gasteiger partial charge in [-0.3, -0.25) is 0 Å². The summed E-state index contributed by atoms with van der Waals surface area (Å²) in [5.41, 5.74) is -0.550. The van der Waals surface area contributed by atoms with Crippen molar-refractivity contribution in [3.63, 3.8) is 0 Å². The molecule has 0 heterocycles. The third-order valence-electron chi connectivity index (χ3n) is 2.23. The minimum Gasteiger partial charge on any atom is -0.462 e. The predicted molar refractivity (Wildman–Crippen MR) is 71.2 cm³/mol. The molecule has 0 fully saturated rings. The monoisotopic (exact) mass is 344 g/mol. The fourth-order valence-electron chi connectivity index (χ4n) is 1.32. The van der Waals surface area contributed by atoms with E-state index in [1.165, 1.54) is 7.11 Å². The number of rotatable bonds is 6. The molecule has 0 spiro atoms. The molecule has 0 aromatic heterocycles. The molecule has 9 heteroatoms. The molecule has 1 aromatic rings. The number of hydrogen-bond acceptors (Lipinski definition) is 5. The van der Waals surface area contributed by atoms with Crippen LogP contribution in [0.5, 0.6) is 0 Å². The Morgan fingerprint density at radius 3 is 2.55 bits per heavy atom. The Morgan fingerprint density at radius 2 is 2.00 bits per heavy atom. The lowest BCUT2D eigenvalue weighted by Crippen LogP contribution is -2.11. The van der Waals surface area contributed by atoms with Crippen LogP contribution in [0.4, 0.5) is 4.39 Å². The SMILES string of the molecule is COCCCOC(=O)c1cc(S(=O)(=O)Cl)c(Cl)cc1F. The summed E-state index contributed by atoms with van der Waals surface area (Å²) in [6, 6.07) is 1.45. The standard InChI is InChI=1S/C11H11Cl2FO5S/c1-18-3-2-4-19-11(15)7-5-10(20(13,16)17)8(12)6-9(7)14/h5-6H,2-4H2,1H3. The molecule has 0 aliphatic carbocycles. The van der Waals surface area contributed by atoms with Gasteiger partial charge < -0.3 is 9.47 Å². The maximum atomic E-state index is 13.6. The number of esters is 1. The van der Waals surface area contributed by atoms with E-state index in [9.17, 15) is 17.6 Å². The normalized spacial score (nSPS) is 11.4. The van der Waals surface area contributed by atoms with E-state index in [-0.39, 0.29) is 6.61 Å². The first-order chi connectivity index (χ1) is 9.27.